The summed E-state index contributed by atoms with van der Waals surface area (Å²) in [6, 6.07) is 0.396. The molecule has 2 rings (SSSR count). The van der Waals surface area contributed by atoms with Crippen molar-refractivity contribution >= 4 is 0 Å². The number of nitrogens with two attached hydrogens (primary N) is 1. The van der Waals surface area contributed by atoms with Crippen LogP contribution in [0.3, 0.4) is 0 Å². The maximum Gasteiger partial charge on any atom is 0.0355 e. The zero-order valence-corrected chi connectivity index (χ0v) is 11.0. The summed E-state index contributed by atoms with van der Waals surface area (Å²) in [6.45, 7) is 7.21. The predicted molar refractivity (Wildman–Crippen MR) is 69.4 cm³/mol. The molecule has 1 heterocycles. The molecule has 2 fully saturated rings. The highest BCUT2D eigenvalue weighted by Crippen LogP contribution is 2.39. The van der Waals surface area contributed by atoms with Gasteiger partial charge in [0.1, 0.15) is 0 Å². The van der Waals surface area contributed by atoms with E-state index in [-0.39, 0.29) is 0 Å². The lowest BCUT2D eigenvalue weighted by molar-refractivity contribution is 0.0716. The van der Waals surface area contributed by atoms with E-state index in [0.717, 1.165) is 5.92 Å². The Hall–Kier alpha value is -0.0800. The van der Waals surface area contributed by atoms with Crippen molar-refractivity contribution < 1.29 is 0 Å². The number of hydrogen-bond acceptors (Lipinski definition) is 2. The molecule has 0 aromatic carbocycles. The Morgan fingerprint density at radius 1 is 1.19 bits per heavy atom. The molecule has 1 saturated carbocycles. The summed E-state index contributed by atoms with van der Waals surface area (Å²) in [6.07, 6.45) is 9.30. The van der Waals surface area contributed by atoms with E-state index in [0.29, 0.717) is 11.6 Å². The van der Waals surface area contributed by atoms with Gasteiger partial charge in [0, 0.05) is 11.6 Å². The van der Waals surface area contributed by atoms with E-state index < -0.39 is 0 Å². The molecule has 1 saturated heterocycles. The molecule has 1 aliphatic heterocycles. The van der Waals surface area contributed by atoms with Gasteiger partial charge in [0.25, 0.3) is 0 Å². The van der Waals surface area contributed by atoms with Gasteiger partial charge in [-0.3, -0.25) is 4.90 Å². The van der Waals surface area contributed by atoms with Crippen molar-refractivity contribution in [3.8, 4) is 0 Å². The van der Waals surface area contributed by atoms with Gasteiger partial charge in [0.15, 0.2) is 0 Å². The van der Waals surface area contributed by atoms with Gasteiger partial charge in [-0.05, 0) is 51.1 Å². The van der Waals surface area contributed by atoms with Crippen molar-refractivity contribution in [2.45, 2.75) is 70.4 Å². The molecular formula is C14H28N2. The van der Waals surface area contributed by atoms with Gasteiger partial charge < -0.3 is 5.73 Å². The highest BCUT2D eigenvalue weighted by molar-refractivity contribution is 5.00. The monoisotopic (exact) mass is 224 g/mol. The average Bonchev–Trinajstić information content (AvgIpc) is 2.94. The summed E-state index contributed by atoms with van der Waals surface area (Å²) in [5, 5.41) is 0. The minimum absolute atomic E-state index is 0.305. The first-order valence-electron chi connectivity index (χ1n) is 7.23. The van der Waals surface area contributed by atoms with Crippen LogP contribution >= 0.6 is 0 Å². The smallest absolute Gasteiger partial charge is 0.0355 e. The number of nitrogens with zero attached hydrogens (tertiary/aromatic N) is 1. The minimum atomic E-state index is 0.305. The van der Waals surface area contributed by atoms with Gasteiger partial charge in [0.2, 0.25) is 0 Å². The van der Waals surface area contributed by atoms with Crippen LogP contribution in [0, 0.1) is 5.92 Å². The molecule has 2 nitrogen and oxygen atoms in total. The molecule has 94 valence electrons. The summed E-state index contributed by atoms with van der Waals surface area (Å²) in [7, 11) is 0. The lowest BCUT2D eigenvalue weighted by atomic mass is 9.81. The van der Waals surface area contributed by atoms with E-state index in [1.54, 1.807) is 0 Å². The Kier molecular flexibility index (Phi) is 3.91. The number of rotatable bonds is 6. The summed E-state index contributed by atoms with van der Waals surface area (Å²) in [5.74, 6) is 0.954. The third-order valence-corrected chi connectivity index (χ3v) is 4.93. The number of likely N-dealkylation sites (tertiary alicyclic amines) is 1. The highest BCUT2D eigenvalue weighted by atomic mass is 15.2. The van der Waals surface area contributed by atoms with Gasteiger partial charge >= 0.3 is 0 Å². The molecule has 0 aromatic heterocycles. The highest BCUT2D eigenvalue weighted by Gasteiger charge is 2.42. The lowest BCUT2D eigenvalue weighted by Crippen LogP contribution is -2.58. The quantitative estimate of drug-likeness (QED) is 0.751. The van der Waals surface area contributed by atoms with Crippen LogP contribution in [0.2, 0.25) is 0 Å². The van der Waals surface area contributed by atoms with E-state index in [1.165, 1.54) is 58.0 Å². The van der Waals surface area contributed by atoms with Crippen LogP contribution in [0.25, 0.3) is 0 Å². The molecule has 2 N–H and O–H groups in total. The van der Waals surface area contributed by atoms with Crippen molar-refractivity contribution in [3.05, 3.63) is 0 Å². The van der Waals surface area contributed by atoms with Crippen molar-refractivity contribution in [2.75, 3.05) is 13.1 Å². The minimum Gasteiger partial charge on any atom is -0.326 e. The molecule has 1 aliphatic carbocycles. The van der Waals surface area contributed by atoms with Crippen molar-refractivity contribution in [3.63, 3.8) is 0 Å². The second kappa shape index (κ2) is 5.05. The third kappa shape index (κ3) is 2.28. The third-order valence-electron chi connectivity index (χ3n) is 4.93. The van der Waals surface area contributed by atoms with Crippen LogP contribution in [0.4, 0.5) is 0 Å². The van der Waals surface area contributed by atoms with E-state index in [9.17, 15) is 0 Å². The first-order chi connectivity index (χ1) is 7.73. The molecule has 1 unspecified atom stereocenters. The first-order valence-corrected chi connectivity index (χ1v) is 7.23. The Balaban J connectivity index is 2.04. The molecule has 0 aromatic rings. The van der Waals surface area contributed by atoms with Gasteiger partial charge in [0.05, 0.1) is 0 Å². The van der Waals surface area contributed by atoms with Crippen LogP contribution in [-0.2, 0) is 0 Å². The molecule has 2 aliphatic rings. The largest absolute Gasteiger partial charge is 0.326 e. The number of hydrogen-bond donors (Lipinski definition) is 1. The molecule has 0 radical (unpaired) electrons. The summed E-state index contributed by atoms with van der Waals surface area (Å²) in [5.41, 5.74) is 6.86. The van der Waals surface area contributed by atoms with Gasteiger partial charge in [-0.15, -0.1) is 0 Å². The Labute approximate surface area is 101 Å². The van der Waals surface area contributed by atoms with Crippen LogP contribution < -0.4 is 5.73 Å². The van der Waals surface area contributed by atoms with Crippen molar-refractivity contribution in [1.82, 2.24) is 4.90 Å². The Morgan fingerprint density at radius 3 is 2.19 bits per heavy atom. The van der Waals surface area contributed by atoms with E-state index in [2.05, 4.69) is 18.7 Å². The summed E-state index contributed by atoms with van der Waals surface area (Å²) >= 11 is 0. The second-order valence-corrected chi connectivity index (χ2v) is 5.79. The summed E-state index contributed by atoms with van der Waals surface area (Å²) in [4.78, 5) is 2.69. The standard InChI is InChI=1S/C14H28N2/c1-3-14(4-2,16-9-5-6-10-16)13(15)11-12-7-8-12/h12-13H,3-11,15H2,1-2H3. The normalized spacial score (nSPS) is 24.9. The fraction of sp³-hybridized carbons (Fsp3) is 1.00. The first kappa shape index (κ1) is 12.4. The van der Waals surface area contributed by atoms with E-state index in [4.69, 9.17) is 5.73 Å². The van der Waals surface area contributed by atoms with Crippen LogP contribution in [0.5, 0.6) is 0 Å². The molecule has 1 atom stereocenters. The molecular weight excluding hydrogens is 196 g/mol. The summed E-state index contributed by atoms with van der Waals surface area (Å²) < 4.78 is 0. The lowest BCUT2D eigenvalue weighted by Gasteiger charge is -2.45. The zero-order chi connectivity index (χ0) is 11.6. The van der Waals surface area contributed by atoms with E-state index >= 15 is 0 Å². The SMILES string of the molecule is CCC(CC)(C(N)CC1CC1)N1CCCC1. The fourth-order valence-electron chi connectivity index (χ4n) is 3.55. The average molecular weight is 224 g/mol. The molecule has 2 heteroatoms. The van der Waals surface area contributed by atoms with Crippen molar-refractivity contribution in [2.24, 2.45) is 11.7 Å². The van der Waals surface area contributed by atoms with Crippen LogP contribution in [0.15, 0.2) is 0 Å². The molecule has 0 spiro atoms. The van der Waals surface area contributed by atoms with Crippen molar-refractivity contribution in [1.29, 1.82) is 0 Å². The maximum atomic E-state index is 6.55. The van der Waals surface area contributed by atoms with E-state index in [1.807, 2.05) is 0 Å². The Morgan fingerprint density at radius 2 is 1.75 bits per heavy atom. The zero-order valence-electron chi connectivity index (χ0n) is 11.0. The maximum absolute atomic E-state index is 6.55. The topological polar surface area (TPSA) is 29.3 Å². The predicted octanol–water partition coefficient (Wildman–Crippen LogP) is 2.77. The second-order valence-electron chi connectivity index (χ2n) is 5.79. The molecule has 0 amide bonds. The Bertz CT molecular complexity index is 213. The van der Waals surface area contributed by atoms with Gasteiger partial charge in [-0.25, -0.2) is 0 Å². The van der Waals surface area contributed by atoms with Gasteiger partial charge in [-0.1, -0.05) is 26.7 Å². The van der Waals surface area contributed by atoms with Gasteiger partial charge in [-0.2, -0.15) is 0 Å². The molecule has 16 heavy (non-hydrogen) atoms. The van der Waals surface area contributed by atoms with Crippen LogP contribution in [-0.4, -0.2) is 29.6 Å². The molecule has 0 bridgehead atoms. The van der Waals surface area contributed by atoms with Crippen LogP contribution in [0.1, 0.15) is 58.8 Å². The fourth-order valence-corrected chi connectivity index (χ4v) is 3.55.